The Bertz CT molecular complexity index is 1220. The molecule has 10 heteroatoms. The SMILES string of the molecule is COc1ccccc1[C@@H](O)c1cc(Cl)cc(OC)c1N(CC(C)(C)C)C(=O)CCC(=O)N1CCC(C(=O)O)CC1. The van der Waals surface area contributed by atoms with Crippen molar-refractivity contribution in [3.63, 3.8) is 0 Å². The van der Waals surface area contributed by atoms with Gasteiger partial charge in [0.1, 0.15) is 17.6 Å². The van der Waals surface area contributed by atoms with Gasteiger partial charge in [-0.3, -0.25) is 14.4 Å². The van der Waals surface area contributed by atoms with Crippen molar-refractivity contribution in [1.29, 1.82) is 0 Å². The number of methoxy groups -OCH3 is 2. The molecule has 1 aliphatic heterocycles. The number of nitrogens with zero attached hydrogens (tertiary/aromatic N) is 2. The molecule has 1 atom stereocenters. The summed E-state index contributed by atoms with van der Waals surface area (Å²) < 4.78 is 11.1. The molecule has 40 heavy (non-hydrogen) atoms. The average molecular weight is 575 g/mol. The molecule has 1 aliphatic rings. The number of aliphatic hydroxyl groups excluding tert-OH is 1. The Morgan fingerprint density at radius 3 is 2.23 bits per heavy atom. The molecule has 2 aromatic rings. The number of amides is 2. The smallest absolute Gasteiger partial charge is 0.306 e. The maximum absolute atomic E-state index is 13.8. The molecular formula is C30H39ClN2O7. The molecule has 9 nitrogen and oxygen atoms in total. The van der Waals surface area contributed by atoms with E-state index < -0.39 is 18.0 Å². The number of carboxylic acid groups (broad SMARTS) is 1. The van der Waals surface area contributed by atoms with Crippen LogP contribution in [0.25, 0.3) is 0 Å². The van der Waals surface area contributed by atoms with E-state index in [2.05, 4.69) is 0 Å². The van der Waals surface area contributed by atoms with Gasteiger partial charge in [-0.1, -0.05) is 50.6 Å². The molecule has 1 heterocycles. The van der Waals surface area contributed by atoms with Crippen LogP contribution in [-0.2, 0) is 14.4 Å². The number of carbonyl (C=O) groups is 3. The van der Waals surface area contributed by atoms with Gasteiger partial charge in [-0.15, -0.1) is 0 Å². The highest BCUT2D eigenvalue weighted by Crippen LogP contribution is 2.43. The zero-order chi connectivity index (χ0) is 29.6. The van der Waals surface area contributed by atoms with E-state index in [0.717, 1.165) is 0 Å². The summed E-state index contributed by atoms with van der Waals surface area (Å²) in [5.74, 6) is -0.994. The monoisotopic (exact) mass is 574 g/mol. The molecule has 0 aliphatic carbocycles. The van der Waals surface area contributed by atoms with Crippen LogP contribution in [0, 0.1) is 11.3 Å². The molecule has 0 radical (unpaired) electrons. The van der Waals surface area contributed by atoms with Crippen molar-refractivity contribution in [3.8, 4) is 11.5 Å². The quantitative estimate of drug-likeness (QED) is 0.413. The fraction of sp³-hybridized carbons (Fsp3) is 0.500. The van der Waals surface area contributed by atoms with Crippen LogP contribution >= 0.6 is 11.6 Å². The second kappa shape index (κ2) is 13.4. The Kier molecular flexibility index (Phi) is 10.4. The number of ether oxygens (including phenoxy) is 2. The van der Waals surface area contributed by atoms with Crippen molar-refractivity contribution in [2.75, 3.05) is 38.8 Å². The second-order valence-electron chi connectivity index (χ2n) is 11.2. The first-order chi connectivity index (χ1) is 18.9. The van der Waals surface area contributed by atoms with E-state index >= 15 is 0 Å². The first-order valence-electron chi connectivity index (χ1n) is 13.4. The molecule has 0 saturated carbocycles. The van der Waals surface area contributed by atoms with Crippen LogP contribution in [-0.4, -0.2) is 66.8 Å². The second-order valence-corrected chi connectivity index (χ2v) is 11.7. The van der Waals surface area contributed by atoms with Crippen molar-refractivity contribution in [2.45, 2.75) is 52.6 Å². The van der Waals surface area contributed by atoms with Crippen LogP contribution in [0.5, 0.6) is 11.5 Å². The predicted octanol–water partition coefficient (Wildman–Crippen LogP) is 4.92. The molecule has 2 aromatic carbocycles. The third-order valence-electron chi connectivity index (χ3n) is 6.97. The largest absolute Gasteiger partial charge is 0.496 e. The summed E-state index contributed by atoms with van der Waals surface area (Å²) in [5.41, 5.74) is 0.905. The lowest BCUT2D eigenvalue weighted by molar-refractivity contribution is -0.145. The van der Waals surface area contributed by atoms with Crippen molar-refractivity contribution >= 4 is 35.1 Å². The van der Waals surface area contributed by atoms with Gasteiger partial charge in [0.2, 0.25) is 11.8 Å². The van der Waals surface area contributed by atoms with E-state index in [-0.39, 0.29) is 36.6 Å². The number of hydrogen-bond acceptors (Lipinski definition) is 6. The Morgan fingerprint density at radius 2 is 1.65 bits per heavy atom. The number of anilines is 1. The van der Waals surface area contributed by atoms with Crippen molar-refractivity contribution in [3.05, 3.63) is 52.5 Å². The minimum atomic E-state index is -1.19. The van der Waals surface area contributed by atoms with Gasteiger partial charge in [0.05, 0.1) is 25.8 Å². The van der Waals surface area contributed by atoms with Gasteiger partial charge in [0.25, 0.3) is 0 Å². The predicted molar refractivity (Wildman–Crippen MR) is 153 cm³/mol. The number of benzene rings is 2. The lowest BCUT2D eigenvalue weighted by atomic mass is 9.93. The number of aliphatic carboxylic acids is 1. The van der Waals surface area contributed by atoms with Gasteiger partial charge < -0.3 is 29.5 Å². The summed E-state index contributed by atoms with van der Waals surface area (Å²) in [6.45, 7) is 6.97. The molecule has 0 bridgehead atoms. The minimum Gasteiger partial charge on any atom is -0.496 e. The third-order valence-corrected chi connectivity index (χ3v) is 7.19. The number of para-hydroxylation sites is 1. The lowest BCUT2D eigenvalue weighted by Crippen LogP contribution is -2.42. The summed E-state index contributed by atoms with van der Waals surface area (Å²) >= 11 is 6.43. The van der Waals surface area contributed by atoms with Crippen LogP contribution in [0.2, 0.25) is 5.02 Å². The highest BCUT2D eigenvalue weighted by Gasteiger charge is 2.32. The third kappa shape index (κ3) is 7.67. The number of carbonyl (C=O) groups excluding carboxylic acids is 2. The number of carboxylic acids is 1. The Labute approximate surface area is 240 Å². The molecule has 2 N–H and O–H groups in total. The van der Waals surface area contributed by atoms with E-state index in [0.29, 0.717) is 59.3 Å². The number of aliphatic hydroxyl groups is 1. The van der Waals surface area contributed by atoms with Crippen molar-refractivity contribution in [2.24, 2.45) is 11.3 Å². The topological polar surface area (TPSA) is 117 Å². The summed E-state index contributed by atoms with van der Waals surface area (Å²) in [6, 6.07) is 10.3. The Hall–Kier alpha value is -3.30. The molecule has 1 saturated heterocycles. The number of piperidine rings is 1. The zero-order valence-electron chi connectivity index (χ0n) is 23.8. The molecule has 3 rings (SSSR count). The molecule has 1 fully saturated rings. The fourth-order valence-electron chi connectivity index (χ4n) is 4.96. The van der Waals surface area contributed by atoms with Crippen LogP contribution in [0.4, 0.5) is 5.69 Å². The highest BCUT2D eigenvalue weighted by molar-refractivity contribution is 6.31. The van der Waals surface area contributed by atoms with Crippen LogP contribution < -0.4 is 14.4 Å². The van der Waals surface area contributed by atoms with Gasteiger partial charge in [-0.25, -0.2) is 0 Å². The van der Waals surface area contributed by atoms with Gasteiger partial charge in [-0.05, 0) is 30.4 Å². The number of likely N-dealkylation sites (tertiary alicyclic amines) is 1. The van der Waals surface area contributed by atoms with Gasteiger partial charge in [-0.2, -0.15) is 0 Å². The summed E-state index contributed by atoms with van der Waals surface area (Å²) in [6.07, 6.45) is -0.471. The van der Waals surface area contributed by atoms with E-state index in [1.54, 1.807) is 46.2 Å². The number of halogens is 1. The first kappa shape index (κ1) is 31.2. The Morgan fingerprint density at radius 1 is 1.02 bits per heavy atom. The minimum absolute atomic E-state index is 0.0164. The molecule has 0 aromatic heterocycles. The number of hydrogen-bond donors (Lipinski definition) is 2. The van der Waals surface area contributed by atoms with Crippen LogP contribution in [0.3, 0.4) is 0 Å². The summed E-state index contributed by atoms with van der Waals surface area (Å²) in [7, 11) is 2.99. The van der Waals surface area contributed by atoms with E-state index in [9.17, 15) is 24.6 Å². The van der Waals surface area contributed by atoms with Crippen molar-refractivity contribution < 1.29 is 34.1 Å². The standard InChI is InChI=1S/C30H39ClN2O7/c1-30(2,3)18-33(26(35)11-10-25(34)32-14-12-19(13-15-32)29(37)38)27-22(16-20(31)17-24(27)40-5)28(36)21-8-6-7-9-23(21)39-4/h6-9,16-17,19,28,36H,10-15,18H2,1-5H3,(H,37,38)/t28-/m1/s1. The van der Waals surface area contributed by atoms with E-state index in [1.807, 2.05) is 20.8 Å². The lowest BCUT2D eigenvalue weighted by Gasteiger charge is -2.34. The van der Waals surface area contributed by atoms with Crippen molar-refractivity contribution in [1.82, 2.24) is 4.90 Å². The van der Waals surface area contributed by atoms with Crippen LogP contribution in [0.1, 0.15) is 63.7 Å². The highest BCUT2D eigenvalue weighted by atomic mass is 35.5. The normalized spacial score (nSPS) is 14.9. The molecular weight excluding hydrogens is 536 g/mol. The molecule has 0 unspecified atom stereocenters. The Balaban J connectivity index is 1.95. The zero-order valence-corrected chi connectivity index (χ0v) is 24.5. The average Bonchev–Trinajstić information content (AvgIpc) is 2.93. The van der Waals surface area contributed by atoms with Gasteiger partial charge in [0.15, 0.2) is 0 Å². The van der Waals surface area contributed by atoms with Crippen LogP contribution in [0.15, 0.2) is 36.4 Å². The fourth-order valence-corrected chi connectivity index (χ4v) is 5.17. The maximum atomic E-state index is 13.8. The molecule has 218 valence electrons. The molecule has 0 spiro atoms. The summed E-state index contributed by atoms with van der Waals surface area (Å²) in [4.78, 5) is 41.2. The van der Waals surface area contributed by atoms with E-state index in [4.69, 9.17) is 21.1 Å². The molecule has 2 amide bonds. The number of rotatable bonds is 10. The van der Waals surface area contributed by atoms with Gasteiger partial charge >= 0.3 is 5.97 Å². The maximum Gasteiger partial charge on any atom is 0.306 e. The first-order valence-corrected chi connectivity index (χ1v) is 13.7. The van der Waals surface area contributed by atoms with E-state index in [1.165, 1.54) is 14.2 Å². The summed E-state index contributed by atoms with van der Waals surface area (Å²) in [5, 5.41) is 21.1. The van der Waals surface area contributed by atoms with Gasteiger partial charge in [0, 0.05) is 54.7 Å².